The molecule has 0 amide bonds. The molecular weight excluding hydrogens is 182 g/mol. The lowest BCUT2D eigenvalue weighted by atomic mass is 10.1. The fourth-order valence-corrected chi connectivity index (χ4v) is 1.78. The summed E-state index contributed by atoms with van der Waals surface area (Å²) in [4.78, 5) is 0. The van der Waals surface area contributed by atoms with Crippen molar-refractivity contribution in [2.24, 2.45) is 0 Å². The van der Waals surface area contributed by atoms with Gasteiger partial charge in [0.1, 0.15) is 0 Å². The Bertz CT molecular complexity index is 259. The van der Waals surface area contributed by atoms with Gasteiger partial charge in [0.05, 0.1) is 0 Å². The summed E-state index contributed by atoms with van der Waals surface area (Å²) in [6, 6.07) is 9.47. The first kappa shape index (κ1) is 12.1. The first-order valence-corrected chi connectivity index (χ1v) is 6.15. The van der Waals surface area contributed by atoms with Crippen molar-refractivity contribution in [3.05, 3.63) is 29.8 Å². The van der Waals surface area contributed by atoms with E-state index >= 15 is 0 Å². The van der Waals surface area contributed by atoms with Gasteiger partial charge in [-0.05, 0) is 37.0 Å². The van der Waals surface area contributed by atoms with E-state index in [2.05, 4.69) is 50.4 Å². The lowest BCUT2D eigenvalue weighted by Crippen LogP contribution is -2.16. The number of anilines is 1. The van der Waals surface area contributed by atoms with E-state index in [4.69, 9.17) is 0 Å². The molecule has 0 spiro atoms. The molecule has 0 saturated heterocycles. The summed E-state index contributed by atoms with van der Waals surface area (Å²) in [5.41, 5.74) is 2.69. The second kappa shape index (κ2) is 6.49. The molecule has 1 N–H and O–H groups in total. The summed E-state index contributed by atoms with van der Waals surface area (Å²) in [5.74, 6) is 0. The highest BCUT2D eigenvalue weighted by Gasteiger charge is 2.02. The van der Waals surface area contributed by atoms with Crippen molar-refractivity contribution in [2.45, 2.75) is 52.5 Å². The van der Waals surface area contributed by atoms with E-state index in [-0.39, 0.29) is 0 Å². The molecule has 84 valence electrons. The summed E-state index contributed by atoms with van der Waals surface area (Å²) < 4.78 is 0. The van der Waals surface area contributed by atoms with Gasteiger partial charge in [-0.25, -0.2) is 0 Å². The Balaban J connectivity index is 2.55. The molecule has 0 aliphatic rings. The van der Waals surface area contributed by atoms with E-state index in [1.807, 2.05) is 0 Å². The molecule has 0 fully saturated rings. The van der Waals surface area contributed by atoms with Crippen LogP contribution in [0.5, 0.6) is 0 Å². The van der Waals surface area contributed by atoms with Crippen molar-refractivity contribution in [3.63, 3.8) is 0 Å². The van der Waals surface area contributed by atoms with Crippen LogP contribution in [0.3, 0.4) is 0 Å². The molecule has 0 saturated carbocycles. The molecule has 0 aliphatic carbocycles. The maximum absolute atomic E-state index is 3.55. The second-order valence-electron chi connectivity index (χ2n) is 4.10. The SMILES string of the molecule is CCCc1ccc(NC(CC)CC)cc1. The first-order valence-electron chi connectivity index (χ1n) is 6.15. The average molecular weight is 205 g/mol. The topological polar surface area (TPSA) is 12.0 Å². The minimum Gasteiger partial charge on any atom is -0.382 e. The lowest BCUT2D eigenvalue weighted by Gasteiger charge is -2.16. The zero-order valence-corrected chi connectivity index (χ0v) is 10.2. The number of nitrogens with one attached hydrogen (secondary N) is 1. The van der Waals surface area contributed by atoms with Crippen molar-refractivity contribution < 1.29 is 0 Å². The highest BCUT2D eigenvalue weighted by molar-refractivity contribution is 5.45. The maximum Gasteiger partial charge on any atom is 0.0342 e. The number of hydrogen-bond acceptors (Lipinski definition) is 1. The molecule has 1 aromatic rings. The van der Waals surface area contributed by atoms with Crippen molar-refractivity contribution >= 4 is 5.69 Å². The van der Waals surface area contributed by atoms with Gasteiger partial charge in [0.25, 0.3) is 0 Å². The molecule has 1 aromatic carbocycles. The van der Waals surface area contributed by atoms with Gasteiger partial charge in [-0.2, -0.15) is 0 Å². The molecule has 0 atom stereocenters. The van der Waals surface area contributed by atoms with Crippen LogP contribution in [0.4, 0.5) is 5.69 Å². The van der Waals surface area contributed by atoms with E-state index < -0.39 is 0 Å². The minimum absolute atomic E-state index is 0.613. The lowest BCUT2D eigenvalue weighted by molar-refractivity contribution is 0.672. The average Bonchev–Trinajstić information content (AvgIpc) is 2.28. The monoisotopic (exact) mass is 205 g/mol. The Morgan fingerprint density at radius 3 is 2.07 bits per heavy atom. The fraction of sp³-hybridized carbons (Fsp3) is 0.571. The predicted octanol–water partition coefficient (Wildman–Crippen LogP) is 4.24. The van der Waals surface area contributed by atoms with Crippen LogP contribution >= 0.6 is 0 Å². The number of rotatable bonds is 6. The Morgan fingerprint density at radius 2 is 1.60 bits per heavy atom. The van der Waals surface area contributed by atoms with Gasteiger partial charge in [-0.3, -0.25) is 0 Å². The highest BCUT2D eigenvalue weighted by Crippen LogP contribution is 2.14. The van der Waals surface area contributed by atoms with Gasteiger partial charge in [0.15, 0.2) is 0 Å². The summed E-state index contributed by atoms with van der Waals surface area (Å²) >= 11 is 0. The molecule has 0 radical (unpaired) electrons. The molecule has 0 bridgehead atoms. The van der Waals surface area contributed by atoms with Crippen LogP contribution in [0.15, 0.2) is 24.3 Å². The Kier molecular flexibility index (Phi) is 5.23. The third kappa shape index (κ3) is 3.94. The first-order chi connectivity index (χ1) is 7.30. The molecule has 0 heterocycles. The highest BCUT2D eigenvalue weighted by atomic mass is 14.9. The van der Waals surface area contributed by atoms with Gasteiger partial charge in [-0.15, -0.1) is 0 Å². The molecule has 0 unspecified atom stereocenters. The quantitative estimate of drug-likeness (QED) is 0.732. The predicted molar refractivity (Wildman–Crippen MR) is 68.4 cm³/mol. The molecule has 0 aromatic heterocycles. The van der Waals surface area contributed by atoms with Crippen LogP contribution in [0.1, 0.15) is 45.6 Å². The van der Waals surface area contributed by atoms with Gasteiger partial charge in [0.2, 0.25) is 0 Å². The zero-order valence-electron chi connectivity index (χ0n) is 10.2. The second-order valence-corrected chi connectivity index (χ2v) is 4.10. The summed E-state index contributed by atoms with van der Waals surface area (Å²) in [7, 11) is 0. The van der Waals surface area contributed by atoms with E-state index in [0.29, 0.717) is 6.04 Å². The smallest absolute Gasteiger partial charge is 0.0342 e. The number of aryl methyl sites for hydroxylation is 1. The van der Waals surface area contributed by atoms with Gasteiger partial charge in [0, 0.05) is 11.7 Å². The van der Waals surface area contributed by atoms with Crippen molar-refractivity contribution in [3.8, 4) is 0 Å². The van der Waals surface area contributed by atoms with Gasteiger partial charge < -0.3 is 5.32 Å². The van der Waals surface area contributed by atoms with Crippen molar-refractivity contribution in [2.75, 3.05) is 5.32 Å². The molecule has 15 heavy (non-hydrogen) atoms. The minimum atomic E-state index is 0.613. The Morgan fingerprint density at radius 1 is 1.00 bits per heavy atom. The van der Waals surface area contributed by atoms with Gasteiger partial charge >= 0.3 is 0 Å². The van der Waals surface area contributed by atoms with Crippen molar-refractivity contribution in [1.82, 2.24) is 0 Å². The summed E-state index contributed by atoms with van der Waals surface area (Å²) in [6.07, 6.45) is 4.78. The standard InChI is InChI=1S/C14H23N/c1-4-7-12-8-10-14(11-9-12)15-13(5-2)6-3/h8-11,13,15H,4-7H2,1-3H3. The van der Waals surface area contributed by atoms with E-state index in [0.717, 1.165) is 0 Å². The molecule has 1 nitrogen and oxygen atoms in total. The van der Waals surface area contributed by atoms with E-state index in [1.165, 1.54) is 36.9 Å². The molecule has 0 aliphatic heterocycles. The third-order valence-corrected chi connectivity index (χ3v) is 2.85. The number of hydrogen-bond donors (Lipinski definition) is 1. The summed E-state index contributed by atoms with van der Waals surface area (Å²) in [6.45, 7) is 6.68. The van der Waals surface area contributed by atoms with E-state index in [1.54, 1.807) is 0 Å². The fourth-order valence-electron chi connectivity index (χ4n) is 1.78. The van der Waals surface area contributed by atoms with Crippen LogP contribution < -0.4 is 5.32 Å². The van der Waals surface area contributed by atoms with Crippen LogP contribution in [0.2, 0.25) is 0 Å². The number of benzene rings is 1. The Labute approximate surface area is 93.9 Å². The third-order valence-electron chi connectivity index (χ3n) is 2.85. The Hall–Kier alpha value is -0.980. The molecule has 1 heteroatoms. The largest absolute Gasteiger partial charge is 0.382 e. The van der Waals surface area contributed by atoms with Crippen LogP contribution in [0, 0.1) is 0 Å². The van der Waals surface area contributed by atoms with Gasteiger partial charge in [-0.1, -0.05) is 39.3 Å². The van der Waals surface area contributed by atoms with Crippen molar-refractivity contribution in [1.29, 1.82) is 0 Å². The van der Waals surface area contributed by atoms with Crippen LogP contribution in [-0.2, 0) is 6.42 Å². The maximum atomic E-state index is 3.55. The van der Waals surface area contributed by atoms with Crippen LogP contribution in [0.25, 0.3) is 0 Å². The molecule has 1 rings (SSSR count). The van der Waals surface area contributed by atoms with Crippen LogP contribution in [-0.4, -0.2) is 6.04 Å². The molecular formula is C14H23N. The van der Waals surface area contributed by atoms with E-state index in [9.17, 15) is 0 Å². The zero-order chi connectivity index (χ0) is 11.1. The summed E-state index contributed by atoms with van der Waals surface area (Å²) in [5, 5.41) is 3.55. The normalized spacial score (nSPS) is 10.7.